The Morgan fingerprint density at radius 1 is 1.23 bits per heavy atom. The van der Waals surface area contributed by atoms with Crippen LogP contribution in [0.15, 0.2) is 18.2 Å². The molecule has 0 saturated heterocycles. The van der Waals surface area contributed by atoms with E-state index in [4.69, 9.17) is 21.3 Å². The maximum absolute atomic E-state index is 10.2. The van der Waals surface area contributed by atoms with Gasteiger partial charge in [-0.3, -0.25) is 4.40 Å². The third kappa shape index (κ3) is 3.53. The summed E-state index contributed by atoms with van der Waals surface area (Å²) in [6.07, 6.45) is 5.20. The minimum atomic E-state index is 0.599. The van der Waals surface area contributed by atoms with E-state index in [-0.39, 0.29) is 0 Å². The molecule has 4 rings (SSSR count). The number of nitriles is 1. The standard InChI is InChI=1S/C25H29ClN4O/c1-5-12-29(13-6-2)25-19-8-7-9-21(19)28-24-23(16(3)22(15-27)30(24)25)18-11-10-17(31-4)14-20(18)26/h10-11,14H,5-9,12-13H2,1-4H3. The fourth-order valence-corrected chi connectivity index (χ4v) is 5.08. The number of hydrogen-bond donors (Lipinski definition) is 0. The first-order valence-corrected chi connectivity index (χ1v) is 11.5. The monoisotopic (exact) mass is 436 g/mol. The van der Waals surface area contributed by atoms with E-state index in [2.05, 4.69) is 29.2 Å². The van der Waals surface area contributed by atoms with E-state index < -0.39 is 0 Å². The molecule has 2 aromatic heterocycles. The summed E-state index contributed by atoms with van der Waals surface area (Å²) in [6.45, 7) is 8.33. The molecular formula is C25H29ClN4O. The number of rotatable bonds is 7. The van der Waals surface area contributed by atoms with Gasteiger partial charge in [-0.25, -0.2) is 4.98 Å². The molecule has 0 bridgehead atoms. The van der Waals surface area contributed by atoms with Crippen LogP contribution in [0.4, 0.5) is 5.82 Å². The molecule has 0 unspecified atom stereocenters. The van der Waals surface area contributed by atoms with Gasteiger partial charge in [0.05, 0.1) is 12.1 Å². The summed E-state index contributed by atoms with van der Waals surface area (Å²) in [7, 11) is 1.63. The molecule has 0 atom stereocenters. The molecule has 0 fully saturated rings. The molecule has 0 aliphatic heterocycles. The van der Waals surface area contributed by atoms with Crippen molar-refractivity contribution in [3.63, 3.8) is 0 Å². The lowest BCUT2D eigenvalue weighted by atomic mass is 10.0. The predicted molar refractivity (Wildman–Crippen MR) is 126 cm³/mol. The Hall–Kier alpha value is -2.71. The zero-order valence-electron chi connectivity index (χ0n) is 18.8. The highest BCUT2D eigenvalue weighted by atomic mass is 35.5. The number of aryl methyl sites for hydroxylation is 1. The molecule has 5 nitrogen and oxygen atoms in total. The highest BCUT2D eigenvalue weighted by Crippen LogP contribution is 2.42. The summed E-state index contributed by atoms with van der Waals surface area (Å²) in [5.41, 5.74) is 6.67. The van der Waals surface area contributed by atoms with Gasteiger partial charge in [-0.15, -0.1) is 0 Å². The second-order valence-electron chi connectivity index (χ2n) is 8.17. The third-order valence-corrected chi connectivity index (χ3v) is 6.45. The fourth-order valence-electron chi connectivity index (χ4n) is 4.82. The lowest BCUT2D eigenvalue weighted by Gasteiger charge is -2.27. The highest BCUT2D eigenvalue weighted by molar-refractivity contribution is 6.33. The van der Waals surface area contributed by atoms with Gasteiger partial charge in [0.25, 0.3) is 0 Å². The van der Waals surface area contributed by atoms with Gasteiger partial charge in [-0.05, 0) is 62.8 Å². The molecule has 2 heterocycles. The first kappa shape index (κ1) is 21.5. The molecule has 0 saturated carbocycles. The van der Waals surface area contributed by atoms with Gasteiger partial charge in [0.15, 0.2) is 0 Å². The second kappa shape index (κ2) is 8.80. The van der Waals surface area contributed by atoms with E-state index in [1.165, 1.54) is 5.56 Å². The molecule has 1 aromatic carbocycles. The number of fused-ring (bicyclic) bond motifs is 2. The van der Waals surface area contributed by atoms with E-state index >= 15 is 0 Å². The van der Waals surface area contributed by atoms with Crippen molar-refractivity contribution in [2.24, 2.45) is 0 Å². The van der Waals surface area contributed by atoms with Crippen molar-refractivity contribution in [1.29, 1.82) is 5.26 Å². The van der Waals surface area contributed by atoms with Gasteiger partial charge >= 0.3 is 0 Å². The van der Waals surface area contributed by atoms with E-state index in [0.717, 1.165) is 79.0 Å². The fraction of sp³-hybridized carbons (Fsp3) is 0.440. The lowest BCUT2D eigenvalue weighted by molar-refractivity contribution is 0.415. The van der Waals surface area contributed by atoms with Crippen molar-refractivity contribution in [3.05, 3.63) is 45.7 Å². The Labute approximate surface area is 189 Å². The number of benzene rings is 1. The number of hydrogen-bond acceptors (Lipinski definition) is 4. The average Bonchev–Trinajstić information content (AvgIpc) is 3.33. The van der Waals surface area contributed by atoms with Crippen molar-refractivity contribution < 1.29 is 4.74 Å². The summed E-state index contributed by atoms with van der Waals surface area (Å²) in [5, 5.41) is 10.8. The van der Waals surface area contributed by atoms with Crippen LogP contribution in [0.25, 0.3) is 16.8 Å². The maximum atomic E-state index is 10.2. The average molecular weight is 437 g/mol. The molecular weight excluding hydrogens is 408 g/mol. The zero-order chi connectivity index (χ0) is 22.1. The van der Waals surface area contributed by atoms with Gasteiger partial charge in [0, 0.05) is 35.5 Å². The minimum absolute atomic E-state index is 0.599. The van der Waals surface area contributed by atoms with Crippen molar-refractivity contribution in [3.8, 4) is 22.9 Å². The van der Waals surface area contributed by atoms with Gasteiger partial charge in [-0.1, -0.05) is 25.4 Å². The quantitative estimate of drug-likeness (QED) is 0.458. The Morgan fingerprint density at radius 3 is 2.58 bits per heavy atom. The van der Waals surface area contributed by atoms with Gasteiger partial charge < -0.3 is 9.64 Å². The Kier molecular flexibility index (Phi) is 6.11. The largest absolute Gasteiger partial charge is 0.497 e. The van der Waals surface area contributed by atoms with Crippen LogP contribution >= 0.6 is 11.6 Å². The van der Waals surface area contributed by atoms with Crippen molar-refractivity contribution in [2.45, 2.75) is 52.9 Å². The summed E-state index contributed by atoms with van der Waals surface area (Å²) in [5.74, 6) is 1.86. The van der Waals surface area contributed by atoms with Crippen molar-refractivity contribution in [1.82, 2.24) is 9.38 Å². The van der Waals surface area contributed by atoms with E-state index in [1.54, 1.807) is 7.11 Å². The van der Waals surface area contributed by atoms with E-state index in [1.807, 2.05) is 25.1 Å². The van der Waals surface area contributed by atoms with Crippen LogP contribution < -0.4 is 9.64 Å². The molecule has 3 aromatic rings. The number of anilines is 1. The van der Waals surface area contributed by atoms with Gasteiger partial charge in [0.1, 0.15) is 29.0 Å². The molecule has 0 amide bonds. The van der Waals surface area contributed by atoms with Crippen LogP contribution in [-0.2, 0) is 12.8 Å². The second-order valence-corrected chi connectivity index (χ2v) is 8.57. The predicted octanol–water partition coefficient (Wildman–Crippen LogP) is 5.96. The normalized spacial score (nSPS) is 12.8. The van der Waals surface area contributed by atoms with Crippen LogP contribution in [0.2, 0.25) is 5.02 Å². The van der Waals surface area contributed by atoms with Crippen LogP contribution in [0.3, 0.4) is 0 Å². The third-order valence-electron chi connectivity index (χ3n) is 6.14. The molecule has 6 heteroatoms. The minimum Gasteiger partial charge on any atom is -0.497 e. The van der Waals surface area contributed by atoms with Gasteiger partial charge in [0.2, 0.25) is 0 Å². The molecule has 0 N–H and O–H groups in total. The number of methoxy groups -OCH3 is 1. The van der Waals surface area contributed by atoms with Crippen LogP contribution in [0, 0.1) is 18.3 Å². The van der Waals surface area contributed by atoms with Crippen LogP contribution in [0.5, 0.6) is 5.75 Å². The van der Waals surface area contributed by atoms with E-state index in [0.29, 0.717) is 16.5 Å². The zero-order valence-corrected chi connectivity index (χ0v) is 19.5. The molecule has 31 heavy (non-hydrogen) atoms. The maximum Gasteiger partial charge on any atom is 0.147 e. The Balaban J connectivity index is 2.09. The lowest BCUT2D eigenvalue weighted by Crippen LogP contribution is -2.29. The van der Waals surface area contributed by atoms with Crippen LogP contribution in [0.1, 0.15) is 55.6 Å². The summed E-state index contributed by atoms with van der Waals surface area (Å²) >= 11 is 6.68. The van der Waals surface area contributed by atoms with E-state index in [9.17, 15) is 5.26 Å². The van der Waals surface area contributed by atoms with Crippen molar-refractivity contribution >= 4 is 23.1 Å². The van der Waals surface area contributed by atoms with Gasteiger partial charge in [-0.2, -0.15) is 5.26 Å². The number of aromatic nitrogens is 2. The SMILES string of the molecule is CCCN(CCC)c1c2c(nc3c(-c4ccc(OC)cc4Cl)c(C)c(C#N)n13)CCC2. The molecule has 0 spiro atoms. The molecule has 1 aliphatic rings. The van der Waals surface area contributed by atoms with Crippen LogP contribution in [-0.4, -0.2) is 29.6 Å². The molecule has 162 valence electrons. The Bertz CT molecular complexity index is 1170. The summed E-state index contributed by atoms with van der Waals surface area (Å²) < 4.78 is 7.43. The summed E-state index contributed by atoms with van der Waals surface area (Å²) in [6, 6.07) is 8.16. The first-order valence-electron chi connectivity index (χ1n) is 11.1. The smallest absolute Gasteiger partial charge is 0.147 e. The topological polar surface area (TPSA) is 53.6 Å². The molecule has 0 radical (unpaired) electrons. The molecule has 1 aliphatic carbocycles. The Morgan fingerprint density at radius 2 is 1.97 bits per heavy atom. The highest BCUT2D eigenvalue weighted by Gasteiger charge is 2.29. The van der Waals surface area contributed by atoms with Crippen molar-refractivity contribution in [2.75, 3.05) is 25.1 Å². The first-order chi connectivity index (χ1) is 15.0. The number of ether oxygens (including phenoxy) is 1. The number of nitrogens with zero attached hydrogens (tertiary/aromatic N) is 4. The summed E-state index contributed by atoms with van der Waals surface area (Å²) in [4.78, 5) is 7.55. The number of halogens is 1.